The van der Waals surface area contributed by atoms with Gasteiger partial charge in [-0.3, -0.25) is 4.79 Å². The highest BCUT2D eigenvalue weighted by Gasteiger charge is 2.15. The first-order chi connectivity index (χ1) is 15.5. The summed E-state index contributed by atoms with van der Waals surface area (Å²) in [6, 6.07) is 18.8. The van der Waals surface area contributed by atoms with Gasteiger partial charge in [-0.05, 0) is 29.8 Å². The van der Waals surface area contributed by atoms with E-state index >= 15 is 0 Å². The van der Waals surface area contributed by atoms with Crippen LogP contribution in [0.2, 0.25) is 0 Å². The van der Waals surface area contributed by atoms with Crippen LogP contribution in [0.1, 0.15) is 21.5 Å². The smallest absolute Gasteiger partial charge is 0.193 e. The maximum Gasteiger partial charge on any atom is 0.193 e. The first kappa shape index (κ1) is 21.8. The fraction of sp³-hybridized carbons (Fsp3) is 0.200. The first-order valence-corrected chi connectivity index (χ1v) is 11.1. The van der Waals surface area contributed by atoms with Crippen molar-refractivity contribution in [2.45, 2.75) is 10.9 Å². The normalized spacial score (nSPS) is 10.9. The number of aromatic nitrogens is 2. The Balaban J connectivity index is 1.57. The molecule has 0 amide bonds. The maximum absolute atomic E-state index is 12.8. The Bertz CT molecular complexity index is 1250. The molecule has 0 radical (unpaired) electrons. The highest BCUT2D eigenvalue weighted by molar-refractivity contribution is 7.98. The van der Waals surface area contributed by atoms with Crippen LogP contribution in [0.25, 0.3) is 11.0 Å². The lowest BCUT2D eigenvalue weighted by atomic mass is 10.0. The van der Waals surface area contributed by atoms with Crippen LogP contribution in [0.5, 0.6) is 11.5 Å². The van der Waals surface area contributed by atoms with Gasteiger partial charge in [0.05, 0.1) is 25.3 Å². The lowest BCUT2D eigenvalue weighted by Gasteiger charge is -2.20. The van der Waals surface area contributed by atoms with Crippen molar-refractivity contribution >= 4 is 34.3 Å². The minimum absolute atomic E-state index is 0.00254. The van der Waals surface area contributed by atoms with Crippen LogP contribution in [0.15, 0.2) is 65.8 Å². The van der Waals surface area contributed by atoms with Crippen molar-refractivity contribution in [3.8, 4) is 11.5 Å². The van der Waals surface area contributed by atoms with E-state index < -0.39 is 0 Å². The Morgan fingerprint density at radius 1 is 0.969 bits per heavy atom. The Labute approximate surface area is 191 Å². The summed E-state index contributed by atoms with van der Waals surface area (Å²) in [6.45, 7) is 0. The number of fused-ring (bicyclic) bond motifs is 1. The van der Waals surface area contributed by atoms with Crippen LogP contribution in [0, 0.1) is 0 Å². The van der Waals surface area contributed by atoms with Crippen LogP contribution < -0.4 is 14.4 Å². The van der Waals surface area contributed by atoms with Gasteiger partial charge in [-0.15, -0.1) is 0 Å². The molecule has 0 spiro atoms. The summed E-state index contributed by atoms with van der Waals surface area (Å²) in [5, 5.41) is 0.795. The molecule has 0 unspecified atom stereocenters. The van der Waals surface area contributed by atoms with Crippen molar-refractivity contribution in [2.75, 3.05) is 33.2 Å². The molecule has 1 N–H and O–H groups in total. The summed E-state index contributed by atoms with van der Waals surface area (Å²) in [4.78, 5) is 22.8. The van der Waals surface area contributed by atoms with Crippen molar-refractivity contribution in [3.05, 3.63) is 77.4 Å². The summed E-state index contributed by atoms with van der Waals surface area (Å²) < 4.78 is 10.9. The number of methoxy groups -OCH3 is 2. The molecular formula is C25H25N3O3S. The molecule has 0 aliphatic heterocycles. The van der Waals surface area contributed by atoms with E-state index in [0.29, 0.717) is 28.4 Å². The van der Waals surface area contributed by atoms with Gasteiger partial charge in [-0.2, -0.15) is 0 Å². The number of carbonyl (C=O) groups is 1. The summed E-state index contributed by atoms with van der Waals surface area (Å²) in [7, 11) is 7.28. The second-order valence-corrected chi connectivity index (χ2v) is 8.45. The molecule has 1 heterocycles. The van der Waals surface area contributed by atoms with E-state index in [0.717, 1.165) is 27.4 Å². The Morgan fingerprint density at radius 3 is 2.38 bits per heavy atom. The van der Waals surface area contributed by atoms with Gasteiger partial charge in [0.1, 0.15) is 0 Å². The largest absolute Gasteiger partial charge is 0.493 e. The summed E-state index contributed by atoms with van der Waals surface area (Å²) >= 11 is 1.60. The number of hydrogen-bond donors (Lipinski definition) is 1. The highest BCUT2D eigenvalue weighted by Crippen LogP contribution is 2.37. The molecule has 0 saturated heterocycles. The molecule has 164 valence electrons. The molecule has 0 saturated carbocycles. The van der Waals surface area contributed by atoms with Gasteiger partial charge < -0.3 is 19.4 Å². The van der Waals surface area contributed by atoms with Crippen LogP contribution in [0.4, 0.5) is 5.69 Å². The molecule has 7 heteroatoms. The number of imidazole rings is 1. The van der Waals surface area contributed by atoms with E-state index in [1.807, 2.05) is 74.8 Å². The molecule has 1 aromatic heterocycles. The average Bonchev–Trinajstić information content (AvgIpc) is 3.24. The maximum atomic E-state index is 12.8. The number of carbonyl (C=O) groups excluding carboxylic acids is 1. The SMILES string of the molecule is COc1cc(CSc2nc3ccc(C(=O)c4ccccc4)cc3[nH]2)c(N(C)C)cc1OC. The molecule has 4 rings (SSSR count). The van der Waals surface area contributed by atoms with Crippen molar-refractivity contribution in [1.29, 1.82) is 0 Å². The lowest BCUT2D eigenvalue weighted by molar-refractivity contribution is 0.103. The number of nitrogens with one attached hydrogen (secondary N) is 1. The third kappa shape index (κ3) is 4.43. The lowest BCUT2D eigenvalue weighted by Crippen LogP contribution is -2.11. The van der Waals surface area contributed by atoms with E-state index in [-0.39, 0.29) is 5.78 Å². The zero-order chi connectivity index (χ0) is 22.7. The van der Waals surface area contributed by atoms with E-state index in [4.69, 9.17) is 9.47 Å². The van der Waals surface area contributed by atoms with Crippen LogP contribution in [-0.2, 0) is 5.75 Å². The number of rotatable bonds is 8. The first-order valence-electron chi connectivity index (χ1n) is 10.1. The zero-order valence-corrected chi connectivity index (χ0v) is 19.3. The molecule has 0 bridgehead atoms. The Morgan fingerprint density at radius 2 is 1.69 bits per heavy atom. The number of anilines is 1. The molecule has 6 nitrogen and oxygen atoms in total. The van der Waals surface area contributed by atoms with Crippen LogP contribution >= 0.6 is 11.8 Å². The second-order valence-electron chi connectivity index (χ2n) is 7.49. The van der Waals surface area contributed by atoms with E-state index in [2.05, 4.69) is 14.9 Å². The third-order valence-electron chi connectivity index (χ3n) is 5.19. The van der Waals surface area contributed by atoms with Crippen LogP contribution in [-0.4, -0.2) is 44.1 Å². The number of benzene rings is 3. The van der Waals surface area contributed by atoms with Gasteiger partial charge >= 0.3 is 0 Å². The van der Waals surface area contributed by atoms with Gasteiger partial charge in [-0.1, -0.05) is 42.1 Å². The number of ketones is 1. The second kappa shape index (κ2) is 9.36. The monoisotopic (exact) mass is 447 g/mol. The Hall–Kier alpha value is -3.45. The molecule has 0 fully saturated rings. The Kier molecular flexibility index (Phi) is 6.37. The fourth-order valence-corrected chi connectivity index (χ4v) is 4.41. The van der Waals surface area contributed by atoms with Crippen molar-refractivity contribution in [2.24, 2.45) is 0 Å². The quantitative estimate of drug-likeness (QED) is 0.297. The summed E-state index contributed by atoms with van der Waals surface area (Å²) in [5.74, 6) is 2.09. The predicted molar refractivity (Wildman–Crippen MR) is 129 cm³/mol. The minimum Gasteiger partial charge on any atom is -0.493 e. The third-order valence-corrected chi connectivity index (χ3v) is 6.11. The standard InChI is InChI=1S/C25H25N3O3S/c1-28(2)21-14-23(31-4)22(30-3)13-18(21)15-32-25-26-19-11-10-17(12-20(19)27-25)24(29)16-8-6-5-7-9-16/h5-14H,15H2,1-4H3,(H,26,27). The van der Waals surface area contributed by atoms with Crippen molar-refractivity contribution < 1.29 is 14.3 Å². The molecule has 3 aromatic carbocycles. The molecule has 0 atom stereocenters. The van der Waals surface area contributed by atoms with E-state index in [1.165, 1.54) is 0 Å². The van der Waals surface area contributed by atoms with Crippen molar-refractivity contribution in [3.63, 3.8) is 0 Å². The summed E-state index contributed by atoms with van der Waals surface area (Å²) in [6.07, 6.45) is 0. The number of nitrogens with zero attached hydrogens (tertiary/aromatic N) is 2. The number of thioether (sulfide) groups is 1. The minimum atomic E-state index is -0.00254. The van der Waals surface area contributed by atoms with E-state index in [1.54, 1.807) is 26.0 Å². The predicted octanol–water partition coefficient (Wildman–Crippen LogP) is 5.17. The number of ether oxygens (including phenoxy) is 2. The van der Waals surface area contributed by atoms with Gasteiger partial charge in [0.2, 0.25) is 0 Å². The molecular weight excluding hydrogens is 422 g/mol. The van der Waals surface area contributed by atoms with Gasteiger partial charge in [0.25, 0.3) is 0 Å². The fourth-order valence-electron chi connectivity index (χ4n) is 3.54. The van der Waals surface area contributed by atoms with E-state index in [9.17, 15) is 4.79 Å². The zero-order valence-electron chi connectivity index (χ0n) is 18.5. The number of aromatic amines is 1. The topological polar surface area (TPSA) is 67.5 Å². The molecule has 0 aliphatic carbocycles. The highest BCUT2D eigenvalue weighted by atomic mass is 32.2. The number of hydrogen-bond acceptors (Lipinski definition) is 6. The molecule has 32 heavy (non-hydrogen) atoms. The number of H-pyrrole nitrogens is 1. The van der Waals surface area contributed by atoms with Gasteiger partial charge in [0, 0.05) is 42.7 Å². The summed E-state index contributed by atoms with van der Waals surface area (Å²) in [5.41, 5.74) is 5.15. The van der Waals surface area contributed by atoms with Crippen molar-refractivity contribution in [1.82, 2.24) is 9.97 Å². The van der Waals surface area contributed by atoms with Gasteiger partial charge in [-0.25, -0.2) is 4.98 Å². The molecule has 0 aliphatic rings. The molecule has 4 aromatic rings. The average molecular weight is 448 g/mol. The van der Waals surface area contributed by atoms with Crippen LogP contribution in [0.3, 0.4) is 0 Å². The van der Waals surface area contributed by atoms with Gasteiger partial charge in [0.15, 0.2) is 22.4 Å².